The van der Waals surface area contributed by atoms with Gasteiger partial charge in [-0.3, -0.25) is 9.59 Å². The number of nitrogens with one attached hydrogen (secondary N) is 3. The van der Waals surface area contributed by atoms with Gasteiger partial charge in [-0.1, -0.05) is 25.4 Å². The van der Waals surface area contributed by atoms with E-state index in [4.69, 9.17) is 11.6 Å². The lowest BCUT2D eigenvalue weighted by Crippen LogP contribution is -2.48. The SMILES string of the molecule is CCNc1ccc(Cl)cc1C(=O)N[C@H](C(=O)NC)C(C)C. The Balaban J connectivity index is 3.01. The summed E-state index contributed by atoms with van der Waals surface area (Å²) in [5.74, 6) is -0.559. The second kappa shape index (κ2) is 7.88. The number of rotatable bonds is 6. The highest BCUT2D eigenvalue weighted by Gasteiger charge is 2.24. The van der Waals surface area contributed by atoms with Gasteiger partial charge >= 0.3 is 0 Å². The highest BCUT2D eigenvalue weighted by atomic mass is 35.5. The summed E-state index contributed by atoms with van der Waals surface area (Å²) in [7, 11) is 1.55. The third-order valence-corrected chi connectivity index (χ3v) is 3.31. The Bertz CT molecular complexity index is 518. The fourth-order valence-corrected chi connectivity index (χ4v) is 2.13. The van der Waals surface area contributed by atoms with Gasteiger partial charge in [-0.25, -0.2) is 0 Å². The Kier molecular flexibility index (Phi) is 6.49. The molecule has 0 fully saturated rings. The maximum Gasteiger partial charge on any atom is 0.254 e. The molecule has 1 aromatic carbocycles. The van der Waals surface area contributed by atoms with Crippen molar-refractivity contribution >= 4 is 29.1 Å². The summed E-state index contributed by atoms with van der Waals surface area (Å²) >= 11 is 5.96. The van der Waals surface area contributed by atoms with E-state index in [-0.39, 0.29) is 17.7 Å². The molecular formula is C15H22ClN3O2. The van der Waals surface area contributed by atoms with E-state index in [0.29, 0.717) is 22.8 Å². The first-order valence-corrected chi connectivity index (χ1v) is 7.34. The van der Waals surface area contributed by atoms with Gasteiger partial charge in [-0.15, -0.1) is 0 Å². The molecule has 2 amide bonds. The second-order valence-electron chi connectivity index (χ2n) is 5.03. The van der Waals surface area contributed by atoms with E-state index in [1.165, 1.54) is 0 Å². The number of hydrogen-bond acceptors (Lipinski definition) is 3. The van der Waals surface area contributed by atoms with Crippen LogP contribution < -0.4 is 16.0 Å². The minimum atomic E-state index is -0.587. The Morgan fingerprint density at radius 2 is 1.95 bits per heavy atom. The Morgan fingerprint density at radius 3 is 2.48 bits per heavy atom. The van der Waals surface area contributed by atoms with Crippen molar-refractivity contribution in [3.8, 4) is 0 Å². The van der Waals surface area contributed by atoms with Gasteiger partial charge in [0, 0.05) is 24.3 Å². The molecule has 116 valence electrons. The summed E-state index contributed by atoms with van der Waals surface area (Å²) in [6, 6.07) is 4.48. The summed E-state index contributed by atoms with van der Waals surface area (Å²) in [4.78, 5) is 24.3. The molecule has 0 bridgehead atoms. The summed E-state index contributed by atoms with van der Waals surface area (Å²) in [6.07, 6.45) is 0. The normalized spacial score (nSPS) is 11.9. The standard InChI is InChI=1S/C15H22ClN3O2/c1-5-18-12-7-6-10(16)8-11(12)14(20)19-13(9(2)3)15(21)17-4/h6-9,13,18H,5H2,1-4H3,(H,17,21)(H,19,20)/t13-/m0/s1. The molecule has 5 nitrogen and oxygen atoms in total. The number of likely N-dealkylation sites (N-methyl/N-ethyl adjacent to an activating group) is 1. The summed E-state index contributed by atoms with van der Waals surface area (Å²) < 4.78 is 0. The van der Waals surface area contributed by atoms with Crippen molar-refractivity contribution in [3.05, 3.63) is 28.8 Å². The zero-order valence-corrected chi connectivity index (χ0v) is 13.5. The van der Waals surface area contributed by atoms with Gasteiger partial charge in [0.2, 0.25) is 5.91 Å². The monoisotopic (exact) mass is 311 g/mol. The quantitative estimate of drug-likeness (QED) is 0.755. The molecule has 1 atom stereocenters. The second-order valence-corrected chi connectivity index (χ2v) is 5.47. The molecule has 1 aromatic rings. The molecule has 0 aliphatic carbocycles. The molecule has 0 aliphatic heterocycles. The zero-order chi connectivity index (χ0) is 16.0. The molecular weight excluding hydrogens is 290 g/mol. The summed E-state index contributed by atoms with van der Waals surface area (Å²) in [5.41, 5.74) is 1.12. The Labute approximate surface area is 130 Å². The van der Waals surface area contributed by atoms with Crippen LogP contribution in [0.25, 0.3) is 0 Å². The summed E-state index contributed by atoms with van der Waals surface area (Å²) in [6.45, 7) is 6.38. The lowest BCUT2D eigenvalue weighted by Gasteiger charge is -2.21. The molecule has 0 saturated carbocycles. The van der Waals surface area contributed by atoms with Gasteiger partial charge in [-0.05, 0) is 31.0 Å². The molecule has 3 N–H and O–H groups in total. The number of anilines is 1. The van der Waals surface area contributed by atoms with E-state index in [9.17, 15) is 9.59 Å². The lowest BCUT2D eigenvalue weighted by atomic mass is 10.0. The highest BCUT2D eigenvalue weighted by molar-refractivity contribution is 6.31. The highest BCUT2D eigenvalue weighted by Crippen LogP contribution is 2.21. The van der Waals surface area contributed by atoms with Crippen LogP contribution in [0.5, 0.6) is 0 Å². The van der Waals surface area contributed by atoms with Crippen LogP contribution in [0.15, 0.2) is 18.2 Å². The number of benzene rings is 1. The topological polar surface area (TPSA) is 70.2 Å². The zero-order valence-electron chi connectivity index (χ0n) is 12.8. The predicted molar refractivity (Wildman–Crippen MR) is 85.8 cm³/mol. The number of halogens is 1. The largest absolute Gasteiger partial charge is 0.385 e. The third kappa shape index (κ3) is 4.63. The first kappa shape index (κ1) is 17.3. The van der Waals surface area contributed by atoms with E-state index in [1.54, 1.807) is 25.2 Å². The van der Waals surface area contributed by atoms with Crippen LogP contribution in [-0.4, -0.2) is 31.4 Å². The molecule has 21 heavy (non-hydrogen) atoms. The van der Waals surface area contributed by atoms with Crippen LogP contribution in [0, 0.1) is 5.92 Å². The molecule has 0 aliphatic rings. The first-order valence-electron chi connectivity index (χ1n) is 6.96. The maximum absolute atomic E-state index is 12.4. The molecule has 6 heteroatoms. The van der Waals surface area contributed by atoms with Crippen molar-refractivity contribution in [3.63, 3.8) is 0 Å². The molecule has 0 unspecified atom stereocenters. The minimum absolute atomic E-state index is 0.0179. The van der Waals surface area contributed by atoms with Crippen LogP contribution in [-0.2, 0) is 4.79 Å². The van der Waals surface area contributed by atoms with Gasteiger partial charge < -0.3 is 16.0 Å². The maximum atomic E-state index is 12.4. The number of carbonyl (C=O) groups excluding carboxylic acids is 2. The fraction of sp³-hybridized carbons (Fsp3) is 0.467. The van der Waals surface area contributed by atoms with Crippen molar-refractivity contribution in [2.75, 3.05) is 18.9 Å². The fourth-order valence-electron chi connectivity index (χ4n) is 1.96. The van der Waals surface area contributed by atoms with E-state index in [2.05, 4.69) is 16.0 Å². The van der Waals surface area contributed by atoms with Crippen LogP contribution in [0.1, 0.15) is 31.1 Å². The number of amides is 2. The van der Waals surface area contributed by atoms with E-state index >= 15 is 0 Å². The van der Waals surface area contributed by atoms with Crippen molar-refractivity contribution in [2.24, 2.45) is 5.92 Å². The lowest BCUT2D eigenvalue weighted by molar-refractivity contribution is -0.123. The van der Waals surface area contributed by atoms with Crippen LogP contribution in [0.4, 0.5) is 5.69 Å². The number of carbonyl (C=O) groups is 2. The molecule has 0 radical (unpaired) electrons. The molecule has 0 saturated heterocycles. The van der Waals surface area contributed by atoms with Gasteiger partial charge in [0.05, 0.1) is 5.56 Å². The van der Waals surface area contributed by atoms with Crippen molar-refractivity contribution in [2.45, 2.75) is 26.8 Å². The Hall–Kier alpha value is -1.75. The Morgan fingerprint density at radius 1 is 1.29 bits per heavy atom. The molecule has 0 heterocycles. The van der Waals surface area contributed by atoms with E-state index in [1.807, 2.05) is 20.8 Å². The predicted octanol–water partition coefficient (Wildman–Crippen LogP) is 2.27. The van der Waals surface area contributed by atoms with Crippen LogP contribution >= 0.6 is 11.6 Å². The van der Waals surface area contributed by atoms with E-state index in [0.717, 1.165) is 0 Å². The third-order valence-electron chi connectivity index (χ3n) is 3.08. The average molecular weight is 312 g/mol. The van der Waals surface area contributed by atoms with Crippen molar-refractivity contribution in [1.82, 2.24) is 10.6 Å². The van der Waals surface area contributed by atoms with Crippen LogP contribution in [0.3, 0.4) is 0 Å². The van der Waals surface area contributed by atoms with Crippen molar-refractivity contribution in [1.29, 1.82) is 0 Å². The van der Waals surface area contributed by atoms with Crippen molar-refractivity contribution < 1.29 is 9.59 Å². The minimum Gasteiger partial charge on any atom is -0.385 e. The summed E-state index contributed by atoms with van der Waals surface area (Å²) in [5, 5.41) is 8.90. The van der Waals surface area contributed by atoms with Crippen LogP contribution in [0.2, 0.25) is 5.02 Å². The van der Waals surface area contributed by atoms with E-state index < -0.39 is 6.04 Å². The number of hydrogen-bond donors (Lipinski definition) is 3. The average Bonchev–Trinajstić information content (AvgIpc) is 2.45. The first-order chi connectivity index (χ1) is 9.90. The molecule has 0 aromatic heterocycles. The molecule has 0 spiro atoms. The van der Waals surface area contributed by atoms with Gasteiger partial charge in [0.25, 0.3) is 5.91 Å². The molecule has 1 rings (SSSR count). The smallest absolute Gasteiger partial charge is 0.254 e. The van der Waals surface area contributed by atoms with Gasteiger partial charge in [-0.2, -0.15) is 0 Å². The van der Waals surface area contributed by atoms with Gasteiger partial charge in [0.15, 0.2) is 0 Å². The van der Waals surface area contributed by atoms with Gasteiger partial charge in [0.1, 0.15) is 6.04 Å².